The molecule has 182 valence electrons. The highest BCUT2D eigenvalue weighted by Crippen LogP contribution is 2.33. The topological polar surface area (TPSA) is 105 Å². The van der Waals surface area contributed by atoms with Gasteiger partial charge in [-0.1, -0.05) is 26.0 Å². The van der Waals surface area contributed by atoms with E-state index in [0.717, 1.165) is 11.1 Å². The van der Waals surface area contributed by atoms with Gasteiger partial charge in [0.1, 0.15) is 0 Å². The average molecular weight is 471 g/mol. The minimum absolute atomic E-state index is 0.193. The zero-order chi connectivity index (χ0) is 25.4. The first-order valence-electron chi connectivity index (χ1n) is 10.9. The largest absolute Gasteiger partial charge is 0.423 e. The predicted molar refractivity (Wildman–Crippen MR) is 124 cm³/mol. The molecule has 0 saturated carbocycles. The van der Waals surface area contributed by atoms with Crippen LogP contribution in [0.1, 0.15) is 52.7 Å². The van der Waals surface area contributed by atoms with Crippen LogP contribution in [0.2, 0.25) is 0 Å². The Kier molecular flexibility index (Phi) is 9.36. The Balaban J connectivity index is 2.15. The Morgan fingerprint density at radius 1 is 0.559 bits per heavy atom. The van der Waals surface area contributed by atoms with E-state index in [-0.39, 0.29) is 34.8 Å². The molecule has 2 aromatic rings. The summed E-state index contributed by atoms with van der Waals surface area (Å²) in [5.41, 5.74) is 1.86. The van der Waals surface area contributed by atoms with E-state index in [0.29, 0.717) is 12.8 Å². The number of hydrogen-bond donors (Lipinski definition) is 0. The molecule has 34 heavy (non-hydrogen) atoms. The molecule has 0 bridgehead atoms. The Hall–Kier alpha value is -3.68. The van der Waals surface area contributed by atoms with Gasteiger partial charge >= 0.3 is 23.9 Å². The lowest BCUT2D eigenvalue weighted by atomic mass is 9.85. The summed E-state index contributed by atoms with van der Waals surface area (Å²) in [6, 6.07) is 10.3. The Labute approximate surface area is 199 Å². The molecule has 0 saturated heterocycles. The Morgan fingerprint density at radius 3 is 1.15 bits per heavy atom. The lowest BCUT2D eigenvalue weighted by Gasteiger charge is -2.21. The van der Waals surface area contributed by atoms with Gasteiger partial charge in [-0.3, -0.25) is 19.2 Å². The van der Waals surface area contributed by atoms with Gasteiger partial charge in [-0.2, -0.15) is 0 Å². The van der Waals surface area contributed by atoms with Gasteiger partial charge in [-0.25, -0.2) is 0 Å². The van der Waals surface area contributed by atoms with Gasteiger partial charge in [0, 0.05) is 27.7 Å². The first-order valence-corrected chi connectivity index (χ1v) is 10.9. The monoisotopic (exact) mass is 470 g/mol. The molecule has 2 rings (SSSR count). The molecule has 0 fully saturated rings. The summed E-state index contributed by atoms with van der Waals surface area (Å²) < 4.78 is 20.7. The third kappa shape index (κ3) is 8.35. The van der Waals surface area contributed by atoms with Gasteiger partial charge in [0.05, 0.1) is 0 Å². The quantitative estimate of drug-likeness (QED) is 0.391. The standard InChI is InChI=1S/C26H30O8/c1-15(11-21-7-9-23(31-17(3)27)25(13-21)33-19(5)29)16(2)12-22-8-10-24(32-18(4)28)26(14-22)34-20(6)30/h7-10,13-16H,11-12H2,1-6H3/t15-,16-/m1/s1. The SMILES string of the molecule is CC(=O)Oc1ccc(C[C@@H](C)[C@H](C)Cc2ccc(OC(C)=O)c(OC(C)=O)c2)cc1OC(C)=O. The van der Waals surface area contributed by atoms with E-state index >= 15 is 0 Å². The highest BCUT2D eigenvalue weighted by molar-refractivity contribution is 5.74. The number of hydrogen-bond acceptors (Lipinski definition) is 8. The van der Waals surface area contributed by atoms with Crippen molar-refractivity contribution in [1.29, 1.82) is 0 Å². The Morgan fingerprint density at radius 2 is 0.853 bits per heavy atom. The summed E-state index contributed by atoms with van der Waals surface area (Å²) in [6.07, 6.45) is 1.39. The lowest BCUT2D eigenvalue weighted by Crippen LogP contribution is -2.14. The molecule has 2 aromatic carbocycles. The van der Waals surface area contributed by atoms with Crippen molar-refractivity contribution in [2.45, 2.75) is 54.4 Å². The zero-order valence-corrected chi connectivity index (χ0v) is 20.3. The van der Waals surface area contributed by atoms with Crippen LogP contribution < -0.4 is 18.9 Å². The molecular formula is C26H30O8. The zero-order valence-electron chi connectivity index (χ0n) is 20.3. The van der Waals surface area contributed by atoms with Crippen molar-refractivity contribution in [3.8, 4) is 23.0 Å². The second-order valence-corrected chi connectivity index (χ2v) is 8.30. The molecule has 0 aliphatic carbocycles. The van der Waals surface area contributed by atoms with Crippen molar-refractivity contribution in [2.75, 3.05) is 0 Å². The van der Waals surface area contributed by atoms with Crippen LogP contribution in [0.5, 0.6) is 23.0 Å². The van der Waals surface area contributed by atoms with Crippen LogP contribution in [0.25, 0.3) is 0 Å². The van der Waals surface area contributed by atoms with E-state index in [1.165, 1.54) is 27.7 Å². The van der Waals surface area contributed by atoms with Crippen molar-refractivity contribution >= 4 is 23.9 Å². The molecular weight excluding hydrogens is 440 g/mol. The van der Waals surface area contributed by atoms with Crippen molar-refractivity contribution < 1.29 is 38.1 Å². The fraction of sp³-hybridized carbons (Fsp3) is 0.385. The molecule has 0 N–H and O–H groups in total. The summed E-state index contributed by atoms with van der Waals surface area (Å²) >= 11 is 0. The number of carbonyl (C=O) groups is 4. The van der Waals surface area contributed by atoms with Gasteiger partial charge in [0.2, 0.25) is 0 Å². The highest BCUT2D eigenvalue weighted by Gasteiger charge is 2.18. The minimum Gasteiger partial charge on any atom is -0.423 e. The highest BCUT2D eigenvalue weighted by atomic mass is 16.6. The first-order chi connectivity index (χ1) is 15.9. The maximum absolute atomic E-state index is 11.5. The maximum atomic E-state index is 11.5. The molecule has 0 aliphatic heterocycles. The van der Waals surface area contributed by atoms with Gasteiger partial charge in [-0.05, 0) is 60.1 Å². The number of benzene rings is 2. The molecule has 2 atom stereocenters. The third-order valence-electron chi connectivity index (χ3n) is 5.12. The van der Waals surface area contributed by atoms with E-state index in [1.54, 1.807) is 24.3 Å². The van der Waals surface area contributed by atoms with Crippen LogP contribution in [0, 0.1) is 11.8 Å². The van der Waals surface area contributed by atoms with Crippen molar-refractivity contribution in [3.05, 3.63) is 47.5 Å². The van der Waals surface area contributed by atoms with E-state index in [9.17, 15) is 19.2 Å². The smallest absolute Gasteiger partial charge is 0.308 e. The van der Waals surface area contributed by atoms with Crippen LogP contribution in [0.3, 0.4) is 0 Å². The average Bonchev–Trinajstić information content (AvgIpc) is 2.70. The van der Waals surface area contributed by atoms with Crippen LogP contribution in [0.15, 0.2) is 36.4 Å². The Bertz CT molecular complexity index is 987. The van der Waals surface area contributed by atoms with E-state index in [1.807, 2.05) is 12.1 Å². The fourth-order valence-electron chi connectivity index (χ4n) is 3.45. The van der Waals surface area contributed by atoms with E-state index in [4.69, 9.17) is 18.9 Å². The van der Waals surface area contributed by atoms with Crippen LogP contribution in [-0.2, 0) is 32.0 Å². The number of ether oxygens (including phenoxy) is 4. The van der Waals surface area contributed by atoms with Gasteiger partial charge in [-0.15, -0.1) is 0 Å². The van der Waals surface area contributed by atoms with Crippen LogP contribution >= 0.6 is 0 Å². The third-order valence-corrected chi connectivity index (χ3v) is 5.12. The minimum atomic E-state index is -0.507. The summed E-state index contributed by atoms with van der Waals surface area (Å²) in [6.45, 7) is 9.34. The molecule has 8 nitrogen and oxygen atoms in total. The lowest BCUT2D eigenvalue weighted by molar-refractivity contribution is -0.134. The molecule has 8 heteroatoms. The van der Waals surface area contributed by atoms with Crippen LogP contribution in [0.4, 0.5) is 0 Å². The molecule has 0 radical (unpaired) electrons. The molecule has 0 amide bonds. The van der Waals surface area contributed by atoms with Gasteiger partial charge in [0.15, 0.2) is 23.0 Å². The summed E-state index contributed by atoms with van der Waals surface area (Å²) in [4.78, 5) is 45.5. The van der Waals surface area contributed by atoms with Crippen molar-refractivity contribution in [1.82, 2.24) is 0 Å². The number of carbonyl (C=O) groups excluding carboxylic acids is 4. The van der Waals surface area contributed by atoms with Crippen LogP contribution in [-0.4, -0.2) is 23.9 Å². The maximum Gasteiger partial charge on any atom is 0.308 e. The first kappa shape index (κ1) is 26.6. The molecule has 0 spiro atoms. The fourth-order valence-corrected chi connectivity index (χ4v) is 3.45. The predicted octanol–water partition coefficient (Wildman–Crippen LogP) is 4.45. The van der Waals surface area contributed by atoms with Crippen molar-refractivity contribution in [3.63, 3.8) is 0 Å². The molecule has 0 heterocycles. The van der Waals surface area contributed by atoms with E-state index < -0.39 is 23.9 Å². The van der Waals surface area contributed by atoms with Gasteiger partial charge in [0.25, 0.3) is 0 Å². The molecule has 0 unspecified atom stereocenters. The van der Waals surface area contributed by atoms with Gasteiger partial charge < -0.3 is 18.9 Å². The second-order valence-electron chi connectivity index (χ2n) is 8.30. The summed E-state index contributed by atoms with van der Waals surface area (Å²) in [5.74, 6) is -0.770. The molecule has 0 aromatic heterocycles. The second kappa shape index (κ2) is 12.0. The number of rotatable bonds is 9. The number of esters is 4. The summed E-state index contributed by atoms with van der Waals surface area (Å²) in [5, 5.41) is 0. The molecule has 0 aliphatic rings. The van der Waals surface area contributed by atoms with Crippen molar-refractivity contribution in [2.24, 2.45) is 11.8 Å². The van der Waals surface area contributed by atoms with E-state index in [2.05, 4.69) is 13.8 Å². The normalized spacial score (nSPS) is 12.3. The summed E-state index contributed by atoms with van der Waals surface area (Å²) in [7, 11) is 0.